The first-order valence-electron chi connectivity index (χ1n) is 7.06. The highest BCUT2D eigenvalue weighted by molar-refractivity contribution is 9.10. The van der Waals surface area contributed by atoms with E-state index in [4.69, 9.17) is 0 Å². The molecule has 1 N–H and O–H groups in total. The van der Waals surface area contributed by atoms with E-state index in [1.165, 1.54) is 6.07 Å². The molecule has 1 aliphatic carbocycles. The third-order valence-corrected chi connectivity index (χ3v) is 5.03. The van der Waals surface area contributed by atoms with Gasteiger partial charge in [0.1, 0.15) is 5.82 Å². The Morgan fingerprint density at radius 1 is 1.37 bits per heavy atom. The Hall–Kier alpha value is -0.410. The molecule has 0 amide bonds. The van der Waals surface area contributed by atoms with Crippen molar-refractivity contribution in [1.82, 2.24) is 0 Å². The van der Waals surface area contributed by atoms with Crippen LogP contribution >= 0.6 is 15.9 Å². The van der Waals surface area contributed by atoms with E-state index in [1.807, 2.05) is 0 Å². The third kappa shape index (κ3) is 3.79. The van der Waals surface area contributed by atoms with E-state index in [9.17, 15) is 9.50 Å². The molecule has 3 heteroatoms. The second-order valence-corrected chi connectivity index (χ2v) is 7.09. The molecule has 0 atom stereocenters. The van der Waals surface area contributed by atoms with Gasteiger partial charge in [-0.1, -0.05) is 19.9 Å². The minimum absolute atomic E-state index is 0.251. The maximum absolute atomic E-state index is 13.2. The molecule has 0 heterocycles. The minimum atomic E-state index is -0.608. The smallest absolute Gasteiger partial charge is 0.137 e. The monoisotopic (exact) mass is 328 g/mol. The summed E-state index contributed by atoms with van der Waals surface area (Å²) in [7, 11) is 0. The molecule has 1 fully saturated rings. The van der Waals surface area contributed by atoms with Crippen LogP contribution in [0.2, 0.25) is 0 Å². The van der Waals surface area contributed by atoms with E-state index in [0.717, 1.165) is 37.2 Å². The van der Waals surface area contributed by atoms with Crippen molar-refractivity contribution in [3.63, 3.8) is 0 Å². The highest BCUT2D eigenvalue weighted by Crippen LogP contribution is 2.37. The van der Waals surface area contributed by atoms with Crippen LogP contribution in [0.1, 0.15) is 45.1 Å². The van der Waals surface area contributed by atoms with Crippen LogP contribution < -0.4 is 0 Å². The largest absolute Gasteiger partial charge is 0.390 e. The van der Waals surface area contributed by atoms with Crippen molar-refractivity contribution in [2.45, 2.75) is 51.6 Å². The average molecular weight is 329 g/mol. The highest BCUT2D eigenvalue weighted by atomic mass is 79.9. The van der Waals surface area contributed by atoms with Gasteiger partial charge in [-0.05, 0) is 71.1 Å². The van der Waals surface area contributed by atoms with E-state index in [1.54, 1.807) is 12.1 Å². The van der Waals surface area contributed by atoms with Gasteiger partial charge in [-0.2, -0.15) is 0 Å². The first-order chi connectivity index (χ1) is 8.89. The van der Waals surface area contributed by atoms with E-state index in [2.05, 4.69) is 29.8 Å². The van der Waals surface area contributed by atoms with Gasteiger partial charge < -0.3 is 5.11 Å². The summed E-state index contributed by atoms with van der Waals surface area (Å²) < 4.78 is 13.7. The van der Waals surface area contributed by atoms with Crippen LogP contribution in [0.5, 0.6) is 0 Å². The van der Waals surface area contributed by atoms with Crippen LogP contribution in [0.3, 0.4) is 0 Å². The molecule has 2 rings (SSSR count). The highest BCUT2D eigenvalue weighted by Gasteiger charge is 2.34. The summed E-state index contributed by atoms with van der Waals surface area (Å²) in [5, 5.41) is 10.7. The van der Waals surface area contributed by atoms with E-state index >= 15 is 0 Å². The molecule has 0 saturated heterocycles. The zero-order valence-corrected chi connectivity index (χ0v) is 13.2. The molecule has 1 nitrogen and oxygen atoms in total. The molecule has 1 aromatic carbocycles. The molecule has 0 unspecified atom stereocenters. The zero-order chi connectivity index (χ0) is 14.0. The normalized spacial score (nSPS) is 27.8. The number of aliphatic hydroxyl groups is 1. The number of rotatable bonds is 3. The van der Waals surface area contributed by atoms with Gasteiger partial charge in [-0.3, -0.25) is 0 Å². The fourth-order valence-electron chi connectivity index (χ4n) is 3.05. The van der Waals surface area contributed by atoms with E-state index in [-0.39, 0.29) is 5.82 Å². The van der Waals surface area contributed by atoms with Gasteiger partial charge in [-0.15, -0.1) is 0 Å². The lowest BCUT2D eigenvalue weighted by Gasteiger charge is -2.37. The summed E-state index contributed by atoms with van der Waals surface area (Å²) in [6, 6.07) is 5.01. The Kier molecular flexibility index (Phi) is 4.67. The van der Waals surface area contributed by atoms with Crippen LogP contribution in [0.4, 0.5) is 4.39 Å². The van der Waals surface area contributed by atoms with Crippen molar-refractivity contribution in [3.05, 3.63) is 34.1 Å². The molecule has 0 spiro atoms. The Balaban J connectivity index is 2.00. The molecular weight excluding hydrogens is 307 g/mol. The first-order valence-corrected chi connectivity index (χ1v) is 7.85. The first kappa shape index (κ1) is 15.0. The summed E-state index contributed by atoms with van der Waals surface area (Å²) in [5.74, 6) is 1.18. The van der Waals surface area contributed by atoms with Crippen LogP contribution in [-0.4, -0.2) is 10.7 Å². The quantitative estimate of drug-likeness (QED) is 0.852. The standard InChI is InChI=1S/C16H22BrFO/c1-11(2)13-5-7-16(19,8-6-13)10-12-3-4-15(18)14(17)9-12/h3-4,9,11,13,19H,5-8,10H2,1-2H3. The third-order valence-electron chi connectivity index (χ3n) is 4.42. The van der Waals surface area contributed by atoms with Crippen molar-refractivity contribution in [1.29, 1.82) is 0 Å². The lowest BCUT2D eigenvalue weighted by atomic mass is 9.72. The molecule has 1 aromatic rings. The topological polar surface area (TPSA) is 20.2 Å². The van der Waals surface area contributed by atoms with Crippen LogP contribution in [0.15, 0.2) is 22.7 Å². The van der Waals surface area contributed by atoms with E-state index in [0.29, 0.717) is 16.8 Å². The molecular formula is C16H22BrFO. The Labute approximate surface area is 123 Å². The number of hydrogen-bond donors (Lipinski definition) is 1. The molecule has 1 saturated carbocycles. The lowest BCUT2D eigenvalue weighted by Crippen LogP contribution is -2.37. The predicted molar refractivity (Wildman–Crippen MR) is 79.5 cm³/mol. The molecule has 0 radical (unpaired) electrons. The van der Waals surface area contributed by atoms with Gasteiger partial charge in [0.2, 0.25) is 0 Å². The number of benzene rings is 1. The van der Waals surface area contributed by atoms with Gasteiger partial charge in [0, 0.05) is 6.42 Å². The summed E-state index contributed by atoms with van der Waals surface area (Å²) in [4.78, 5) is 0. The lowest BCUT2D eigenvalue weighted by molar-refractivity contribution is -0.0146. The van der Waals surface area contributed by atoms with Crippen molar-refractivity contribution in [3.8, 4) is 0 Å². The summed E-state index contributed by atoms with van der Waals surface area (Å²) in [6.07, 6.45) is 4.51. The Morgan fingerprint density at radius 3 is 2.53 bits per heavy atom. The molecule has 1 aliphatic rings. The number of halogens is 2. The second kappa shape index (κ2) is 5.92. The molecule has 0 aromatic heterocycles. The molecule has 106 valence electrons. The Bertz CT molecular complexity index is 436. The molecule has 0 aliphatic heterocycles. The zero-order valence-electron chi connectivity index (χ0n) is 11.6. The fourth-order valence-corrected chi connectivity index (χ4v) is 3.48. The van der Waals surface area contributed by atoms with E-state index < -0.39 is 5.60 Å². The van der Waals surface area contributed by atoms with Crippen LogP contribution in [-0.2, 0) is 6.42 Å². The van der Waals surface area contributed by atoms with Gasteiger partial charge in [0.05, 0.1) is 10.1 Å². The average Bonchev–Trinajstić information content (AvgIpc) is 2.34. The molecule has 0 bridgehead atoms. The van der Waals surface area contributed by atoms with Crippen molar-refractivity contribution in [2.75, 3.05) is 0 Å². The van der Waals surface area contributed by atoms with Gasteiger partial charge in [-0.25, -0.2) is 4.39 Å². The number of hydrogen-bond acceptors (Lipinski definition) is 1. The van der Waals surface area contributed by atoms with Crippen molar-refractivity contribution in [2.24, 2.45) is 11.8 Å². The summed E-state index contributed by atoms with van der Waals surface area (Å²) in [5.41, 5.74) is 0.390. The SMILES string of the molecule is CC(C)C1CCC(O)(Cc2ccc(F)c(Br)c2)CC1. The summed E-state index contributed by atoms with van der Waals surface area (Å²) >= 11 is 3.20. The van der Waals surface area contributed by atoms with Crippen LogP contribution in [0, 0.1) is 17.7 Å². The maximum Gasteiger partial charge on any atom is 0.137 e. The van der Waals surface area contributed by atoms with Crippen LogP contribution in [0.25, 0.3) is 0 Å². The van der Waals surface area contributed by atoms with Gasteiger partial charge in [0.25, 0.3) is 0 Å². The molecule has 19 heavy (non-hydrogen) atoms. The maximum atomic E-state index is 13.2. The van der Waals surface area contributed by atoms with Gasteiger partial charge in [0.15, 0.2) is 0 Å². The second-order valence-electron chi connectivity index (χ2n) is 6.23. The summed E-state index contributed by atoms with van der Waals surface area (Å²) in [6.45, 7) is 4.51. The fraction of sp³-hybridized carbons (Fsp3) is 0.625. The predicted octanol–water partition coefficient (Wildman–Crippen LogP) is 4.71. The minimum Gasteiger partial charge on any atom is -0.390 e. The van der Waals surface area contributed by atoms with Crippen molar-refractivity contribution >= 4 is 15.9 Å². The van der Waals surface area contributed by atoms with Gasteiger partial charge >= 0.3 is 0 Å². The Morgan fingerprint density at radius 2 is 2.00 bits per heavy atom. The van der Waals surface area contributed by atoms with Crippen molar-refractivity contribution < 1.29 is 9.50 Å².